The van der Waals surface area contributed by atoms with Crippen LogP contribution < -0.4 is 21.2 Å². The van der Waals surface area contributed by atoms with Gasteiger partial charge in [-0.3, -0.25) is 19.5 Å². The Morgan fingerprint density at radius 3 is 2.71 bits per heavy atom. The number of carbonyl (C=O) groups excluding carboxylic acids is 1. The molecular weight excluding hydrogens is 452 g/mol. The molecule has 0 saturated heterocycles. The van der Waals surface area contributed by atoms with Crippen LogP contribution in [0.3, 0.4) is 0 Å². The van der Waals surface area contributed by atoms with Crippen LogP contribution in [0.15, 0.2) is 71.9 Å². The monoisotopic (exact) mass is 473 g/mol. The summed E-state index contributed by atoms with van der Waals surface area (Å²) >= 11 is 6.41. The summed E-state index contributed by atoms with van der Waals surface area (Å²) in [5.74, 6) is 0.375. The number of pyridine rings is 1. The van der Waals surface area contributed by atoms with E-state index in [-0.39, 0.29) is 17.5 Å². The molecule has 34 heavy (non-hydrogen) atoms. The van der Waals surface area contributed by atoms with Gasteiger partial charge in [-0.1, -0.05) is 46.9 Å². The van der Waals surface area contributed by atoms with Crippen LogP contribution in [0.25, 0.3) is 27.5 Å². The molecule has 3 aromatic heterocycles. The number of benzene rings is 2. The Kier molecular flexibility index (Phi) is 5.51. The standard InChI is InChI=1S/C25H21ClN6O2/c1-14(31-23-21-17(24(33)27-2)12-28-22(21)29-13-30-23)19-11-15-7-6-10-18(26)20(15)25(34)32(19)16-8-4-3-5-9-16/h3-14H,1-2H3,(H,27,33)(H2,28,29,30,31)/p+1/t14-/m0/s1. The van der Waals surface area contributed by atoms with E-state index >= 15 is 0 Å². The predicted octanol–water partition coefficient (Wildman–Crippen LogP) is 3.87. The summed E-state index contributed by atoms with van der Waals surface area (Å²) in [5, 5.41) is 8.34. The van der Waals surface area contributed by atoms with Crippen molar-refractivity contribution >= 4 is 45.1 Å². The van der Waals surface area contributed by atoms with E-state index in [0.717, 1.165) is 16.8 Å². The minimum atomic E-state index is -0.328. The summed E-state index contributed by atoms with van der Waals surface area (Å²) in [7, 11) is 1.58. The number of H-pyrrole nitrogens is 2. The smallest absolute Gasteiger partial charge is 0.264 e. The first-order valence-corrected chi connectivity index (χ1v) is 11.1. The number of hydrogen-bond acceptors (Lipinski definition) is 4. The lowest BCUT2D eigenvalue weighted by molar-refractivity contribution is -0.364. The van der Waals surface area contributed by atoms with Gasteiger partial charge in [0.15, 0.2) is 0 Å². The van der Waals surface area contributed by atoms with Crippen molar-refractivity contribution in [2.45, 2.75) is 13.0 Å². The second-order valence-corrected chi connectivity index (χ2v) is 8.31. The summed E-state index contributed by atoms with van der Waals surface area (Å²) in [6.45, 7) is 1.96. The van der Waals surface area contributed by atoms with Crippen molar-refractivity contribution < 1.29 is 9.78 Å². The Bertz CT molecular complexity index is 1590. The fraction of sp³-hybridized carbons (Fsp3) is 0.120. The highest BCUT2D eigenvalue weighted by atomic mass is 35.5. The molecule has 4 N–H and O–H groups in total. The van der Waals surface area contributed by atoms with Crippen LogP contribution >= 0.6 is 11.6 Å². The molecule has 0 bridgehead atoms. The molecule has 0 radical (unpaired) electrons. The largest absolute Gasteiger partial charge is 0.355 e. The average molecular weight is 474 g/mol. The first-order valence-electron chi connectivity index (χ1n) is 10.8. The lowest BCUT2D eigenvalue weighted by atomic mass is 10.1. The molecule has 8 nitrogen and oxygen atoms in total. The quantitative estimate of drug-likeness (QED) is 0.360. The van der Waals surface area contributed by atoms with Crippen LogP contribution in [0.2, 0.25) is 5.02 Å². The van der Waals surface area contributed by atoms with E-state index < -0.39 is 0 Å². The Hall–Kier alpha value is -4.17. The molecule has 9 heteroatoms. The van der Waals surface area contributed by atoms with Crippen molar-refractivity contribution in [3.8, 4) is 5.69 Å². The maximum atomic E-state index is 13.7. The molecule has 3 heterocycles. The number of nitrogens with zero attached hydrogens (tertiary/aromatic N) is 2. The summed E-state index contributed by atoms with van der Waals surface area (Å²) in [4.78, 5) is 36.5. The molecule has 0 saturated carbocycles. The maximum absolute atomic E-state index is 13.7. The van der Waals surface area contributed by atoms with Crippen LogP contribution in [-0.2, 0) is 0 Å². The molecule has 0 aliphatic rings. The van der Waals surface area contributed by atoms with E-state index in [9.17, 15) is 9.59 Å². The SMILES string of the molecule is CNC(=O)c1c[nH]c2nc[nH+]c(N[C@@H](C)c3cc4cccc(Cl)c4c(=O)n3-c3ccccc3)c12. The number of carbonyl (C=O) groups is 1. The van der Waals surface area contributed by atoms with E-state index in [1.807, 2.05) is 55.5 Å². The van der Waals surface area contributed by atoms with Gasteiger partial charge in [-0.15, -0.1) is 0 Å². The number of aromatic nitrogens is 4. The second-order valence-electron chi connectivity index (χ2n) is 7.90. The van der Waals surface area contributed by atoms with E-state index in [4.69, 9.17) is 11.6 Å². The topological polar surface area (TPSA) is 106 Å². The highest BCUT2D eigenvalue weighted by Crippen LogP contribution is 2.29. The van der Waals surface area contributed by atoms with E-state index in [1.54, 1.807) is 30.2 Å². The predicted molar refractivity (Wildman–Crippen MR) is 133 cm³/mol. The molecule has 0 aliphatic carbocycles. The summed E-state index contributed by atoms with van der Waals surface area (Å²) in [6, 6.07) is 16.5. The van der Waals surface area contributed by atoms with Gasteiger partial charge in [0.25, 0.3) is 11.5 Å². The van der Waals surface area contributed by atoms with Crippen LogP contribution in [0.5, 0.6) is 0 Å². The number of anilines is 1. The zero-order chi connectivity index (χ0) is 23.8. The van der Waals surface area contributed by atoms with Crippen molar-refractivity contribution in [2.75, 3.05) is 12.4 Å². The van der Waals surface area contributed by atoms with Crippen LogP contribution in [-0.4, -0.2) is 27.5 Å². The van der Waals surface area contributed by atoms with Gasteiger partial charge in [0.2, 0.25) is 17.8 Å². The van der Waals surface area contributed by atoms with Gasteiger partial charge >= 0.3 is 0 Å². The van der Waals surface area contributed by atoms with Gasteiger partial charge in [-0.2, -0.15) is 0 Å². The number of hydrogen-bond donors (Lipinski definition) is 3. The highest BCUT2D eigenvalue weighted by molar-refractivity contribution is 6.35. The number of para-hydroxylation sites is 1. The van der Waals surface area contributed by atoms with Crippen molar-refractivity contribution in [1.82, 2.24) is 19.9 Å². The fourth-order valence-electron chi connectivity index (χ4n) is 4.22. The molecule has 0 aliphatic heterocycles. The zero-order valence-corrected chi connectivity index (χ0v) is 19.3. The molecule has 1 atom stereocenters. The first kappa shape index (κ1) is 21.7. The zero-order valence-electron chi connectivity index (χ0n) is 18.5. The molecule has 170 valence electrons. The molecule has 1 amide bonds. The van der Waals surface area contributed by atoms with Gasteiger partial charge < -0.3 is 10.3 Å². The van der Waals surface area contributed by atoms with E-state index in [2.05, 4.69) is 25.6 Å². The van der Waals surface area contributed by atoms with Gasteiger partial charge in [0.1, 0.15) is 11.4 Å². The third kappa shape index (κ3) is 3.58. The minimum Gasteiger partial charge on any atom is -0.355 e. The number of fused-ring (bicyclic) bond motifs is 2. The third-order valence-corrected chi connectivity index (χ3v) is 6.14. The first-order chi connectivity index (χ1) is 16.5. The van der Waals surface area contributed by atoms with Crippen molar-refractivity contribution in [1.29, 1.82) is 0 Å². The van der Waals surface area contributed by atoms with Crippen LogP contribution in [0.1, 0.15) is 29.0 Å². The average Bonchev–Trinajstić information content (AvgIpc) is 3.29. The molecular formula is C25H22ClN6O2+. The van der Waals surface area contributed by atoms with Gasteiger partial charge in [-0.05, 0) is 36.6 Å². The molecule has 5 rings (SSSR count). The maximum Gasteiger partial charge on any atom is 0.264 e. The Labute approximate surface area is 199 Å². The van der Waals surface area contributed by atoms with E-state index in [0.29, 0.717) is 32.8 Å². The van der Waals surface area contributed by atoms with Crippen LogP contribution in [0, 0.1) is 0 Å². The Balaban J connectivity index is 1.69. The summed E-state index contributed by atoms with van der Waals surface area (Å²) in [5.41, 5.74) is 2.30. The number of halogens is 1. The summed E-state index contributed by atoms with van der Waals surface area (Å²) in [6.07, 6.45) is 3.17. The fourth-order valence-corrected chi connectivity index (χ4v) is 4.48. The van der Waals surface area contributed by atoms with Crippen LogP contribution in [0.4, 0.5) is 5.82 Å². The Morgan fingerprint density at radius 1 is 1.15 bits per heavy atom. The molecule has 0 spiro atoms. The van der Waals surface area contributed by atoms with Crippen molar-refractivity contribution in [3.05, 3.63) is 93.8 Å². The number of aromatic amines is 2. The minimum absolute atomic E-state index is 0.200. The Morgan fingerprint density at radius 2 is 1.94 bits per heavy atom. The second kappa shape index (κ2) is 8.64. The number of nitrogens with one attached hydrogen (secondary N) is 4. The van der Waals surface area contributed by atoms with Crippen molar-refractivity contribution in [3.63, 3.8) is 0 Å². The van der Waals surface area contributed by atoms with Crippen molar-refractivity contribution in [2.24, 2.45) is 0 Å². The number of rotatable bonds is 5. The van der Waals surface area contributed by atoms with Gasteiger partial charge in [0, 0.05) is 18.9 Å². The lowest BCUT2D eigenvalue weighted by Crippen LogP contribution is -2.27. The summed E-state index contributed by atoms with van der Waals surface area (Å²) < 4.78 is 1.67. The molecule has 0 fully saturated rings. The molecule has 5 aromatic rings. The van der Waals surface area contributed by atoms with E-state index in [1.165, 1.54) is 0 Å². The number of amides is 1. The molecule has 2 aromatic carbocycles. The molecule has 0 unspecified atom stereocenters. The van der Waals surface area contributed by atoms with Gasteiger partial charge in [-0.25, -0.2) is 4.98 Å². The normalized spacial score (nSPS) is 12.1. The third-order valence-electron chi connectivity index (χ3n) is 5.83. The van der Waals surface area contributed by atoms with Gasteiger partial charge in [0.05, 0.1) is 21.7 Å². The highest BCUT2D eigenvalue weighted by Gasteiger charge is 2.24. The lowest BCUT2D eigenvalue weighted by Gasteiger charge is -2.19.